The van der Waals surface area contributed by atoms with Gasteiger partial charge in [0.2, 0.25) is 0 Å². The zero-order valence-electron chi connectivity index (χ0n) is 10.00. The molecule has 0 aromatic carbocycles. The van der Waals surface area contributed by atoms with Gasteiger partial charge in [0, 0.05) is 43.3 Å². The lowest BCUT2D eigenvalue weighted by Gasteiger charge is -2.35. The number of rotatable bonds is 3. The fourth-order valence-corrected chi connectivity index (χ4v) is 2.68. The van der Waals surface area contributed by atoms with E-state index >= 15 is 0 Å². The van der Waals surface area contributed by atoms with Crippen LogP contribution in [0.4, 0.5) is 0 Å². The Morgan fingerprint density at radius 1 is 1.61 bits per heavy atom. The highest BCUT2D eigenvalue weighted by Gasteiger charge is 2.21. The molecule has 0 aliphatic carbocycles. The van der Waals surface area contributed by atoms with Crippen molar-refractivity contribution < 1.29 is 0 Å². The highest BCUT2D eigenvalue weighted by molar-refractivity contribution is 7.15. The summed E-state index contributed by atoms with van der Waals surface area (Å²) in [6.45, 7) is 2.78. The van der Waals surface area contributed by atoms with E-state index in [4.69, 9.17) is 0 Å². The van der Waals surface area contributed by atoms with Crippen LogP contribution < -0.4 is 10.9 Å². The van der Waals surface area contributed by atoms with E-state index in [2.05, 4.69) is 22.2 Å². The van der Waals surface area contributed by atoms with Gasteiger partial charge in [-0.05, 0) is 7.05 Å². The zero-order chi connectivity index (χ0) is 11.8. The van der Waals surface area contributed by atoms with E-state index in [1.165, 1.54) is 11.3 Å². The number of thiazole rings is 1. The lowest BCUT2D eigenvalue weighted by atomic mass is 10.1. The largest absolute Gasteiger partial charge is 0.314 e. The van der Waals surface area contributed by atoms with Gasteiger partial charge in [0.15, 0.2) is 4.96 Å². The van der Waals surface area contributed by atoms with Gasteiger partial charge in [-0.1, -0.05) is 0 Å². The van der Waals surface area contributed by atoms with Crippen LogP contribution in [0.3, 0.4) is 0 Å². The number of halogens is 1. The van der Waals surface area contributed by atoms with Crippen LogP contribution in [0.25, 0.3) is 4.96 Å². The van der Waals surface area contributed by atoms with E-state index in [1.54, 1.807) is 16.7 Å². The Labute approximate surface area is 115 Å². The van der Waals surface area contributed by atoms with Crippen LogP contribution in [0, 0.1) is 0 Å². The average Bonchev–Trinajstić information content (AvgIpc) is 2.62. The predicted octanol–water partition coefficient (Wildman–Crippen LogP) is 0.581. The molecule has 0 saturated carbocycles. The molecule has 3 heterocycles. The van der Waals surface area contributed by atoms with E-state index in [0.717, 1.165) is 30.3 Å². The minimum Gasteiger partial charge on any atom is -0.314 e. The zero-order valence-corrected chi connectivity index (χ0v) is 11.6. The van der Waals surface area contributed by atoms with Crippen molar-refractivity contribution in [1.29, 1.82) is 0 Å². The topological polar surface area (TPSA) is 49.6 Å². The van der Waals surface area contributed by atoms with Crippen LogP contribution in [-0.4, -0.2) is 40.5 Å². The molecule has 0 amide bonds. The van der Waals surface area contributed by atoms with Crippen molar-refractivity contribution in [3.8, 4) is 0 Å². The molecule has 5 nitrogen and oxygen atoms in total. The van der Waals surface area contributed by atoms with Crippen LogP contribution in [0.5, 0.6) is 0 Å². The summed E-state index contributed by atoms with van der Waals surface area (Å²) < 4.78 is 1.58. The van der Waals surface area contributed by atoms with Crippen molar-refractivity contribution >= 4 is 28.7 Å². The standard InChI is InChI=1S/C11H14N4OS.ClH/c1-14(9-5-12-6-9)7-8-4-10(16)15-2-3-17-11(15)13-8;/h2-4,9,12H,5-7H2,1H3;1H. The fourth-order valence-electron chi connectivity index (χ4n) is 1.94. The Bertz CT molecular complexity index is 592. The summed E-state index contributed by atoms with van der Waals surface area (Å²) in [5.41, 5.74) is 0.859. The Hall–Kier alpha value is -0.950. The number of hydrogen-bond acceptors (Lipinski definition) is 5. The highest BCUT2D eigenvalue weighted by Crippen LogP contribution is 2.10. The molecule has 0 atom stereocenters. The van der Waals surface area contributed by atoms with Gasteiger partial charge in [0.05, 0.1) is 5.69 Å². The summed E-state index contributed by atoms with van der Waals surface area (Å²) in [6.07, 6.45) is 1.76. The summed E-state index contributed by atoms with van der Waals surface area (Å²) in [4.78, 5) is 19.3. The van der Waals surface area contributed by atoms with E-state index < -0.39 is 0 Å². The molecule has 0 unspecified atom stereocenters. The molecule has 7 heteroatoms. The number of hydrogen-bond donors (Lipinski definition) is 1. The average molecular weight is 287 g/mol. The minimum atomic E-state index is 0. The van der Waals surface area contributed by atoms with Crippen molar-refractivity contribution in [2.75, 3.05) is 20.1 Å². The first kappa shape index (κ1) is 13.5. The van der Waals surface area contributed by atoms with Crippen LogP contribution >= 0.6 is 23.7 Å². The van der Waals surface area contributed by atoms with Crippen LogP contribution in [-0.2, 0) is 6.54 Å². The van der Waals surface area contributed by atoms with Gasteiger partial charge in [-0.15, -0.1) is 23.7 Å². The summed E-state index contributed by atoms with van der Waals surface area (Å²) in [7, 11) is 2.07. The number of nitrogens with one attached hydrogen (secondary N) is 1. The molecule has 0 spiro atoms. The normalized spacial score (nSPS) is 15.7. The second-order valence-electron chi connectivity index (χ2n) is 4.37. The Morgan fingerprint density at radius 3 is 3.06 bits per heavy atom. The third kappa shape index (κ3) is 2.42. The van der Waals surface area contributed by atoms with E-state index in [-0.39, 0.29) is 18.0 Å². The molecule has 1 N–H and O–H groups in total. The number of likely N-dealkylation sites (N-methyl/N-ethyl adjacent to an activating group) is 1. The lowest BCUT2D eigenvalue weighted by Crippen LogP contribution is -2.55. The number of aromatic nitrogens is 2. The SMILES string of the molecule is CN(Cc1cc(=O)n2ccsc2n1)C1CNC1.Cl. The molecule has 18 heavy (non-hydrogen) atoms. The van der Waals surface area contributed by atoms with Crippen molar-refractivity contribution in [2.24, 2.45) is 0 Å². The van der Waals surface area contributed by atoms with Crippen LogP contribution in [0.1, 0.15) is 5.69 Å². The van der Waals surface area contributed by atoms with Crippen LogP contribution in [0.15, 0.2) is 22.4 Å². The summed E-state index contributed by atoms with van der Waals surface area (Å²) in [5, 5.41) is 5.12. The summed E-state index contributed by atoms with van der Waals surface area (Å²) >= 11 is 1.49. The number of fused-ring (bicyclic) bond motifs is 1. The third-order valence-electron chi connectivity index (χ3n) is 3.15. The molecule has 1 saturated heterocycles. The van der Waals surface area contributed by atoms with Gasteiger partial charge in [-0.2, -0.15) is 0 Å². The van der Waals surface area contributed by atoms with Crippen LogP contribution in [0.2, 0.25) is 0 Å². The summed E-state index contributed by atoms with van der Waals surface area (Å²) in [6, 6.07) is 2.20. The maximum atomic E-state index is 11.8. The maximum absolute atomic E-state index is 11.8. The molecule has 1 aliphatic rings. The number of nitrogens with zero attached hydrogens (tertiary/aromatic N) is 3. The minimum absolute atomic E-state index is 0. The molecule has 2 aromatic heterocycles. The molecule has 98 valence electrons. The van der Waals surface area contributed by atoms with E-state index in [9.17, 15) is 4.79 Å². The fraction of sp³-hybridized carbons (Fsp3) is 0.455. The third-order valence-corrected chi connectivity index (χ3v) is 3.91. The Balaban J connectivity index is 0.00000120. The van der Waals surface area contributed by atoms with Gasteiger partial charge < -0.3 is 5.32 Å². The van der Waals surface area contributed by atoms with Gasteiger partial charge in [-0.25, -0.2) is 4.98 Å². The Morgan fingerprint density at radius 2 is 2.39 bits per heavy atom. The lowest BCUT2D eigenvalue weighted by molar-refractivity contribution is 0.171. The second-order valence-corrected chi connectivity index (χ2v) is 5.24. The van der Waals surface area contributed by atoms with E-state index in [0.29, 0.717) is 6.04 Å². The van der Waals surface area contributed by atoms with E-state index in [1.807, 2.05) is 5.38 Å². The molecular weight excluding hydrogens is 272 g/mol. The quantitative estimate of drug-likeness (QED) is 0.897. The summed E-state index contributed by atoms with van der Waals surface area (Å²) in [5.74, 6) is 0. The first-order valence-electron chi connectivity index (χ1n) is 5.61. The smallest absolute Gasteiger partial charge is 0.258 e. The van der Waals surface area contributed by atoms with Crippen molar-refractivity contribution in [3.05, 3.63) is 33.7 Å². The molecule has 2 aromatic rings. The molecule has 3 rings (SSSR count). The molecule has 0 bridgehead atoms. The van der Waals surface area contributed by atoms with Crippen molar-refractivity contribution in [2.45, 2.75) is 12.6 Å². The first-order chi connectivity index (χ1) is 8.24. The van der Waals surface area contributed by atoms with Crippen molar-refractivity contribution in [3.63, 3.8) is 0 Å². The van der Waals surface area contributed by atoms with Gasteiger partial charge >= 0.3 is 0 Å². The Kier molecular flexibility index (Phi) is 4.01. The molecule has 0 radical (unpaired) electrons. The van der Waals surface area contributed by atoms with Gasteiger partial charge in [-0.3, -0.25) is 14.1 Å². The first-order valence-corrected chi connectivity index (χ1v) is 6.49. The molecule has 1 aliphatic heterocycles. The predicted molar refractivity (Wildman–Crippen MR) is 74.7 cm³/mol. The van der Waals surface area contributed by atoms with Gasteiger partial charge in [0.1, 0.15) is 0 Å². The monoisotopic (exact) mass is 286 g/mol. The maximum Gasteiger partial charge on any atom is 0.258 e. The highest BCUT2D eigenvalue weighted by atomic mass is 35.5. The molecular formula is C11H15ClN4OS. The second kappa shape index (κ2) is 5.36. The van der Waals surface area contributed by atoms with Gasteiger partial charge in [0.25, 0.3) is 5.56 Å². The molecule has 1 fully saturated rings. The van der Waals surface area contributed by atoms with Crippen molar-refractivity contribution in [1.82, 2.24) is 19.6 Å².